The van der Waals surface area contributed by atoms with Crippen molar-refractivity contribution in [2.75, 3.05) is 26.7 Å². The largest absolute Gasteiger partial charge is 0.314 e. The lowest BCUT2D eigenvalue weighted by atomic mass is 9.79. The molecule has 2 fully saturated rings. The summed E-state index contributed by atoms with van der Waals surface area (Å²) < 4.78 is 0. The topological polar surface area (TPSA) is 15.3 Å². The normalized spacial score (nSPS) is 29.1. The Morgan fingerprint density at radius 3 is 2.53 bits per heavy atom. The van der Waals surface area contributed by atoms with E-state index in [0.29, 0.717) is 5.54 Å². The molecule has 0 radical (unpaired) electrons. The van der Waals surface area contributed by atoms with Gasteiger partial charge in [0, 0.05) is 5.54 Å². The van der Waals surface area contributed by atoms with Gasteiger partial charge in [-0.2, -0.15) is 0 Å². The number of nitrogens with zero attached hydrogens (tertiary/aromatic N) is 1. The standard InChI is InChI=1S/C17H34N2/c1-3-16-8-7-13-19(14-9-16)15-12-17(18-2)10-5-4-6-11-17/h16,18H,3-15H2,1-2H3. The smallest absolute Gasteiger partial charge is 0.0190 e. The first-order valence-corrected chi connectivity index (χ1v) is 8.69. The van der Waals surface area contributed by atoms with Crippen LogP contribution in [0, 0.1) is 5.92 Å². The minimum absolute atomic E-state index is 0.467. The summed E-state index contributed by atoms with van der Waals surface area (Å²) in [5.41, 5.74) is 0.467. The Morgan fingerprint density at radius 2 is 1.84 bits per heavy atom. The summed E-state index contributed by atoms with van der Waals surface area (Å²) in [7, 11) is 2.18. The molecule has 1 heterocycles. The minimum Gasteiger partial charge on any atom is -0.314 e. The molecular weight excluding hydrogens is 232 g/mol. The van der Waals surface area contributed by atoms with Gasteiger partial charge in [-0.25, -0.2) is 0 Å². The van der Waals surface area contributed by atoms with Crippen molar-refractivity contribution in [3.63, 3.8) is 0 Å². The fraction of sp³-hybridized carbons (Fsp3) is 1.00. The molecule has 0 amide bonds. The van der Waals surface area contributed by atoms with Crippen molar-refractivity contribution >= 4 is 0 Å². The predicted octanol–water partition coefficient (Wildman–Crippen LogP) is 3.81. The molecule has 2 nitrogen and oxygen atoms in total. The molecule has 112 valence electrons. The quantitative estimate of drug-likeness (QED) is 0.814. The summed E-state index contributed by atoms with van der Waals surface area (Å²) in [4.78, 5) is 2.74. The van der Waals surface area contributed by atoms with Crippen molar-refractivity contribution in [3.8, 4) is 0 Å². The highest BCUT2D eigenvalue weighted by atomic mass is 15.1. The Morgan fingerprint density at radius 1 is 1.05 bits per heavy atom. The fourth-order valence-corrected chi connectivity index (χ4v) is 4.08. The first-order chi connectivity index (χ1) is 9.28. The van der Waals surface area contributed by atoms with Crippen molar-refractivity contribution in [1.82, 2.24) is 10.2 Å². The van der Waals surface area contributed by atoms with Crippen LogP contribution in [0.25, 0.3) is 0 Å². The van der Waals surface area contributed by atoms with Crippen molar-refractivity contribution in [3.05, 3.63) is 0 Å². The Bertz CT molecular complexity index is 246. The van der Waals surface area contributed by atoms with E-state index in [1.807, 2.05) is 0 Å². The number of hydrogen-bond donors (Lipinski definition) is 1. The second-order valence-electron chi connectivity index (χ2n) is 6.89. The molecule has 2 rings (SSSR count). The van der Waals surface area contributed by atoms with Crippen LogP contribution < -0.4 is 5.32 Å². The van der Waals surface area contributed by atoms with E-state index in [1.165, 1.54) is 83.8 Å². The van der Waals surface area contributed by atoms with Crippen molar-refractivity contribution in [1.29, 1.82) is 0 Å². The third kappa shape index (κ3) is 4.46. The van der Waals surface area contributed by atoms with Gasteiger partial charge >= 0.3 is 0 Å². The number of rotatable bonds is 5. The van der Waals surface area contributed by atoms with Gasteiger partial charge in [-0.15, -0.1) is 0 Å². The van der Waals surface area contributed by atoms with Gasteiger partial charge in [-0.1, -0.05) is 32.6 Å². The molecule has 2 heteroatoms. The van der Waals surface area contributed by atoms with E-state index in [2.05, 4.69) is 24.2 Å². The SMILES string of the molecule is CCC1CCCN(CCC2(NC)CCCCC2)CC1. The lowest BCUT2D eigenvalue weighted by Crippen LogP contribution is -2.47. The van der Waals surface area contributed by atoms with Crippen LogP contribution >= 0.6 is 0 Å². The first kappa shape index (κ1) is 15.3. The first-order valence-electron chi connectivity index (χ1n) is 8.69. The van der Waals surface area contributed by atoms with Gasteiger partial charge in [0.1, 0.15) is 0 Å². The Hall–Kier alpha value is -0.0800. The molecular formula is C17H34N2. The average molecular weight is 266 g/mol. The van der Waals surface area contributed by atoms with E-state index in [4.69, 9.17) is 0 Å². The summed E-state index contributed by atoms with van der Waals surface area (Å²) in [6.07, 6.45) is 14.2. The van der Waals surface area contributed by atoms with E-state index in [9.17, 15) is 0 Å². The molecule has 0 bridgehead atoms. The molecule has 1 unspecified atom stereocenters. The van der Waals surface area contributed by atoms with Crippen molar-refractivity contribution in [2.24, 2.45) is 5.92 Å². The van der Waals surface area contributed by atoms with Crippen LogP contribution in [0.4, 0.5) is 0 Å². The van der Waals surface area contributed by atoms with E-state index in [1.54, 1.807) is 0 Å². The third-order valence-corrected chi connectivity index (χ3v) is 5.77. The maximum atomic E-state index is 3.67. The molecule has 1 aliphatic carbocycles. The van der Waals surface area contributed by atoms with Gasteiger partial charge in [0.2, 0.25) is 0 Å². The zero-order chi connectivity index (χ0) is 13.6. The van der Waals surface area contributed by atoms with Crippen LogP contribution in [0.5, 0.6) is 0 Å². The molecule has 1 N–H and O–H groups in total. The molecule has 0 aromatic carbocycles. The fourth-order valence-electron chi connectivity index (χ4n) is 4.08. The summed E-state index contributed by atoms with van der Waals surface area (Å²) in [5, 5.41) is 3.67. The molecule has 0 aromatic rings. The van der Waals surface area contributed by atoms with Gasteiger partial charge < -0.3 is 10.2 Å². The maximum absolute atomic E-state index is 3.67. The zero-order valence-electron chi connectivity index (χ0n) is 13.2. The highest BCUT2D eigenvalue weighted by Gasteiger charge is 2.30. The van der Waals surface area contributed by atoms with Gasteiger partial charge in [0.25, 0.3) is 0 Å². The van der Waals surface area contributed by atoms with Crippen molar-refractivity contribution < 1.29 is 0 Å². The van der Waals surface area contributed by atoms with Gasteiger partial charge in [-0.05, 0) is 71.1 Å². The Balaban J connectivity index is 1.77. The average Bonchev–Trinajstić information content (AvgIpc) is 2.71. The monoisotopic (exact) mass is 266 g/mol. The van der Waals surface area contributed by atoms with Crippen LogP contribution in [-0.4, -0.2) is 37.1 Å². The van der Waals surface area contributed by atoms with E-state index in [0.717, 1.165) is 5.92 Å². The molecule has 19 heavy (non-hydrogen) atoms. The third-order valence-electron chi connectivity index (χ3n) is 5.77. The van der Waals surface area contributed by atoms with Crippen LogP contribution in [0.2, 0.25) is 0 Å². The summed E-state index contributed by atoms with van der Waals surface area (Å²) in [6.45, 7) is 6.37. The number of hydrogen-bond acceptors (Lipinski definition) is 2. The number of likely N-dealkylation sites (tertiary alicyclic amines) is 1. The summed E-state index contributed by atoms with van der Waals surface area (Å²) >= 11 is 0. The lowest BCUT2D eigenvalue weighted by molar-refractivity contribution is 0.183. The van der Waals surface area contributed by atoms with Crippen molar-refractivity contribution in [2.45, 2.75) is 76.7 Å². The van der Waals surface area contributed by atoms with Gasteiger partial charge in [0.05, 0.1) is 0 Å². The molecule has 0 spiro atoms. The highest BCUT2D eigenvalue weighted by Crippen LogP contribution is 2.31. The Labute approximate surface area is 120 Å². The second kappa shape index (κ2) is 7.64. The second-order valence-corrected chi connectivity index (χ2v) is 6.89. The highest BCUT2D eigenvalue weighted by molar-refractivity contribution is 4.90. The van der Waals surface area contributed by atoms with Crippen LogP contribution in [-0.2, 0) is 0 Å². The van der Waals surface area contributed by atoms with Crippen LogP contribution in [0.1, 0.15) is 71.1 Å². The minimum atomic E-state index is 0.467. The lowest BCUT2D eigenvalue weighted by Gasteiger charge is -2.38. The van der Waals surface area contributed by atoms with Crippen LogP contribution in [0.15, 0.2) is 0 Å². The zero-order valence-corrected chi connectivity index (χ0v) is 13.2. The van der Waals surface area contributed by atoms with E-state index >= 15 is 0 Å². The predicted molar refractivity (Wildman–Crippen MR) is 83.6 cm³/mol. The maximum Gasteiger partial charge on any atom is 0.0190 e. The molecule has 0 aromatic heterocycles. The summed E-state index contributed by atoms with van der Waals surface area (Å²) in [5.74, 6) is 0.998. The number of nitrogens with one attached hydrogen (secondary N) is 1. The van der Waals surface area contributed by atoms with Gasteiger partial charge in [-0.3, -0.25) is 0 Å². The Kier molecular flexibility index (Phi) is 6.15. The molecule has 1 atom stereocenters. The van der Waals surface area contributed by atoms with Gasteiger partial charge in [0.15, 0.2) is 0 Å². The molecule has 1 aliphatic heterocycles. The van der Waals surface area contributed by atoms with E-state index < -0.39 is 0 Å². The molecule has 1 saturated carbocycles. The molecule has 1 saturated heterocycles. The van der Waals surface area contributed by atoms with E-state index in [-0.39, 0.29) is 0 Å². The molecule has 2 aliphatic rings. The summed E-state index contributed by atoms with van der Waals surface area (Å²) in [6, 6.07) is 0. The van der Waals surface area contributed by atoms with Crippen LogP contribution in [0.3, 0.4) is 0 Å².